The average Bonchev–Trinajstić information content (AvgIpc) is 3.35. The van der Waals surface area contributed by atoms with Crippen molar-refractivity contribution >= 4 is 35.5 Å². The third-order valence-corrected chi connectivity index (χ3v) is 7.38. The van der Waals surface area contributed by atoms with E-state index >= 15 is 4.39 Å². The highest BCUT2D eigenvalue weighted by atomic mass is 32.1. The lowest BCUT2D eigenvalue weighted by atomic mass is 9.83. The Labute approximate surface area is 214 Å². The largest absolute Gasteiger partial charge is 0.481 e. The van der Waals surface area contributed by atoms with Crippen LogP contribution in [0.2, 0.25) is 0 Å². The molecule has 2 unspecified atom stereocenters. The standard InChI is InChI=1S/C24H34FN5O5S/c1-5-35-21(32)17-10-27-19(20-26-7-9-36-20)28-18(17)13-29-8-6-24(4,25)16(11-29)12-30(15-31)14-23(2,3)22(33)34/h7,9,15-16H,5-6,8,10-14H2,1-4H3,(H,27,28)(H,33,34). The van der Waals surface area contributed by atoms with E-state index in [1.165, 1.54) is 37.0 Å². The van der Waals surface area contributed by atoms with Gasteiger partial charge in [-0.3, -0.25) is 19.5 Å². The number of nitrogens with zero attached hydrogens (tertiary/aromatic N) is 4. The van der Waals surface area contributed by atoms with Crippen LogP contribution < -0.4 is 5.32 Å². The zero-order valence-corrected chi connectivity index (χ0v) is 21.9. The lowest BCUT2D eigenvalue weighted by molar-refractivity contribution is -0.148. The first-order valence-corrected chi connectivity index (χ1v) is 12.8. The molecule has 2 N–H and O–H groups in total. The van der Waals surface area contributed by atoms with Crippen LogP contribution in [0.4, 0.5) is 4.39 Å². The number of esters is 1. The number of piperidine rings is 1. The van der Waals surface area contributed by atoms with Crippen LogP contribution >= 0.6 is 11.3 Å². The third-order valence-electron chi connectivity index (χ3n) is 6.60. The topological polar surface area (TPSA) is 124 Å². The van der Waals surface area contributed by atoms with Gasteiger partial charge in [0.2, 0.25) is 6.41 Å². The maximum Gasteiger partial charge on any atom is 0.337 e. The minimum absolute atomic E-state index is 0.0221. The van der Waals surface area contributed by atoms with Gasteiger partial charge in [-0.25, -0.2) is 14.2 Å². The van der Waals surface area contributed by atoms with Gasteiger partial charge >= 0.3 is 11.9 Å². The Kier molecular flexibility index (Phi) is 8.83. The maximum absolute atomic E-state index is 15.5. The lowest BCUT2D eigenvalue weighted by Gasteiger charge is -2.43. The van der Waals surface area contributed by atoms with Crippen molar-refractivity contribution in [3.8, 4) is 0 Å². The van der Waals surface area contributed by atoms with Gasteiger partial charge in [-0.2, -0.15) is 0 Å². The molecule has 0 saturated carbocycles. The number of alkyl halides is 1. The van der Waals surface area contributed by atoms with Crippen molar-refractivity contribution < 1.29 is 28.6 Å². The molecule has 0 spiro atoms. The Hall–Kier alpha value is -2.86. The average molecular weight is 524 g/mol. The van der Waals surface area contributed by atoms with Crippen molar-refractivity contribution in [3.05, 3.63) is 27.9 Å². The molecule has 198 valence electrons. The number of halogens is 1. The fraction of sp³-hybridized carbons (Fsp3) is 0.625. The van der Waals surface area contributed by atoms with Crippen molar-refractivity contribution in [2.24, 2.45) is 16.3 Å². The molecule has 1 fully saturated rings. The minimum atomic E-state index is -1.53. The van der Waals surface area contributed by atoms with Gasteiger partial charge in [0.25, 0.3) is 0 Å². The van der Waals surface area contributed by atoms with Gasteiger partial charge in [0.15, 0.2) is 10.8 Å². The first kappa shape index (κ1) is 27.7. The molecule has 1 amide bonds. The number of aromatic nitrogens is 1. The number of carbonyl (C=O) groups excluding carboxylic acids is 2. The van der Waals surface area contributed by atoms with E-state index < -0.39 is 28.9 Å². The van der Waals surface area contributed by atoms with Crippen LogP contribution in [0.5, 0.6) is 0 Å². The number of carbonyl (C=O) groups is 3. The minimum Gasteiger partial charge on any atom is -0.481 e. The number of amides is 1. The Balaban J connectivity index is 1.76. The first-order valence-electron chi connectivity index (χ1n) is 11.9. The summed E-state index contributed by atoms with van der Waals surface area (Å²) in [5.41, 5.74) is -1.63. The molecule has 0 aliphatic carbocycles. The van der Waals surface area contributed by atoms with Crippen LogP contribution in [0, 0.1) is 11.3 Å². The van der Waals surface area contributed by atoms with E-state index in [2.05, 4.69) is 15.3 Å². The number of likely N-dealkylation sites (tertiary alicyclic amines) is 1. The van der Waals surface area contributed by atoms with Gasteiger partial charge in [-0.1, -0.05) is 0 Å². The summed E-state index contributed by atoms with van der Waals surface area (Å²) in [6.45, 7) is 7.91. The van der Waals surface area contributed by atoms with Crippen molar-refractivity contribution in [1.82, 2.24) is 20.1 Å². The number of amidine groups is 1. The monoisotopic (exact) mass is 523 g/mol. The van der Waals surface area contributed by atoms with Gasteiger partial charge in [0.05, 0.1) is 24.1 Å². The van der Waals surface area contributed by atoms with E-state index in [-0.39, 0.29) is 32.7 Å². The third kappa shape index (κ3) is 6.67. The number of hydrogen-bond acceptors (Lipinski definition) is 9. The number of thiazole rings is 1. The normalized spacial score (nSPS) is 23.0. The second kappa shape index (κ2) is 11.5. The zero-order valence-electron chi connectivity index (χ0n) is 21.1. The highest BCUT2D eigenvalue weighted by Gasteiger charge is 2.42. The Bertz CT molecular complexity index is 1020. The molecule has 1 aromatic rings. The first-order chi connectivity index (χ1) is 17.0. The number of hydrogen-bond donors (Lipinski definition) is 2. The molecule has 2 atom stereocenters. The number of aliphatic imine (C=N–C) groups is 1. The molecule has 1 aromatic heterocycles. The van der Waals surface area contributed by atoms with Gasteiger partial charge in [-0.05, 0) is 34.1 Å². The molecular formula is C24H34FN5O5S. The molecular weight excluding hydrogens is 489 g/mol. The van der Waals surface area contributed by atoms with E-state index in [9.17, 15) is 19.5 Å². The van der Waals surface area contributed by atoms with Crippen LogP contribution in [0.1, 0.15) is 39.1 Å². The molecule has 2 aliphatic rings. The van der Waals surface area contributed by atoms with E-state index in [4.69, 9.17) is 4.74 Å². The fourth-order valence-electron chi connectivity index (χ4n) is 4.31. The molecule has 10 nitrogen and oxygen atoms in total. The van der Waals surface area contributed by atoms with Gasteiger partial charge in [0.1, 0.15) is 5.67 Å². The maximum atomic E-state index is 15.5. The van der Waals surface area contributed by atoms with E-state index in [1.54, 1.807) is 13.1 Å². The van der Waals surface area contributed by atoms with Gasteiger partial charge in [0, 0.05) is 55.9 Å². The summed E-state index contributed by atoms with van der Waals surface area (Å²) >= 11 is 1.43. The number of carboxylic acids is 1. The molecule has 0 aromatic carbocycles. The molecule has 3 heterocycles. The van der Waals surface area contributed by atoms with E-state index in [0.29, 0.717) is 48.2 Å². The quantitative estimate of drug-likeness (QED) is 0.333. The van der Waals surface area contributed by atoms with E-state index in [1.807, 2.05) is 10.3 Å². The SMILES string of the molecule is CCOC(=O)C1=C(CN2CCC(C)(F)C(CN(C=O)CC(C)(C)C(=O)O)C2)NC(c2nccs2)=NC1. The molecule has 2 aliphatic heterocycles. The second-order valence-corrected chi connectivity index (χ2v) is 10.9. The van der Waals surface area contributed by atoms with Gasteiger partial charge < -0.3 is 20.1 Å². The van der Waals surface area contributed by atoms with Crippen molar-refractivity contribution in [2.45, 2.75) is 39.8 Å². The number of nitrogens with one attached hydrogen (secondary N) is 1. The molecule has 1 saturated heterocycles. The van der Waals surface area contributed by atoms with Crippen molar-refractivity contribution in [3.63, 3.8) is 0 Å². The molecule has 0 radical (unpaired) electrons. The predicted molar refractivity (Wildman–Crippen MR) is 133 cm³/mol. The van der Waals surface area contributed by atoms with E-state index in [0.717, 1.165) is 0 Å². The number of ether oxygens (including phenoxy) is 1. The Morgan fingerprint density at radius 3 is 2.83 bits per heavy atom. The fourth-order valence-corrected chi connectivity index (χ4v) is 4.91. The Morgan fingerprint density at radius 2 is 2.22 bits per heavy atom. The van der Waals surface area contributed by atoms with Gasteiger partial charge in [-0.15, -0.1) is 11.3 Å². The molecule has 0 bridgehead atoms. The summed E-state index contributed by atoms with van der Waals surface area (Å²) in [7, 11) is 0. The summed E-state index contributed by atoms with van der Waals surface area (Å²) in [6, 6.07) is 0. The number of aliphatic carboxylic acids is 1. The molecule has 3 rings (SSSR count). The predicted octanol–water partition coefficient (Wildman–Crippen LogP) is 1.93. The highest BCUT2D eigenvalue weighted by molar-refractivity contribution is 7.11. The second-order valence-electron chi connectivity index (χ2n) is 9.99. The van der Waals surface area contributed by atoms with Crippen LogP contribution in [-0.4, -0.2) is 95.6 Å². The highest BCUT2D eigenvalue weighted by Crippen LogP contribution is 2.33. The summed E-state index contributed by atoms with van der Waals surface area (Å²) in [6.07, 6.45) is 2.50. The van der Waals surface area contributed by atoms with Crippen LogP contribution in [0.3, 0.4) is 0 Å². The number of rotatable bonds is 11. The zero-order chi connectivity index (χ0) is 26.5. The molecule has 36 heavy (non-hydrogen) atoms. The summed E-state index contributed by atoms with van der Waals surface area (Å²) in [5, 5.41) is 15.2. The summed E-state index contributed by atoms with van der Waals surface area (Å²) < 4.78 is 20.7. The lowest BCUT2D eigenvalue weighted by Crippen LogP contribution is -2.54. The summed E-state index contributed by atoms with van der Waals surface area (Å²) in [5.74, 6) is -1.45. The molecule has 12 heteroatoms. The summed E-state index contributed by atoms with van der Waals surface area (Å²) in [4.78, 5) is 48.0. The van der Waals surface area contributed by atoms with Crippen LogP contribution in [0.15, 0.2) is 27.8 Å². The van der Waals surface area contributed by atoms with Crippen LogP contribution in [-0.2, 0) is 19.1 Å². The Morgan fingerprint density at radius 1 is 1.47 bits per heavy atom. The van der Waals surface area contributed by atoms with Crippen LogP contribution in [0.25, 0.3) is 0 Å². The number of carboxylic acid groups (broad SMARTS) is 1. The van der Waals surface area contributed by atoms with Crippen molar-refractivity contribution in [1.29, 1.82) is 0 Å². The smallest absolute Gasteiger partial charge is 0.337 e. The van der Waals surface area contributed by atoms with Crippen molar-refractivity contribution in [2.75, 3.05) is 45.9 Å².